The van der Waals surface area contributed by atoms with E-state index in [1.165, 1.54) is 19.8 Å². The largest absolute Gasteiger partial charge is 0.449 e. The average Bonchev–Trinajstić information content (AvgIpc) is 2.63. The van der Waals surface area contributed by atoms with Crippen LogP contribution in [-0.2, 0) is 9.53 Å². The average molecular weight is 227 g/mol. The smallest absolute Gasteiger partial charge is 0.407 e. The summed E-state index contributed by atoms with van der Waals surface area (Å²) >= 11 is 0. The first kappa shape index (κ1) is 13.0. The van der Waals surface area contributed by atoms with Gasteiger partial charge in [0.25, 0.3) is 0 Å². The lowest BCUT2D eigenvalue weighted by Gasteiger charge is -2.23. The van der Waals surface area contributed by atoms with Crippen LogP contribution in [-0.4, -0.2) is 24.5 Å². The standard InChI is InChI=1S/C12H21NO3/c1-9(10(2)14)13-11(15)16-8-12(3)6-4-5-7-12/h9H,4-8H2,1-3H3,(H,13,15). The summed E-state index contributed by atoms with van der Waals surface area (Å²) in [5.74, 6) is -0.0657. The van der Waals surface area contributed by atoms with Crippen molar-refractivity contribution < 1.29 is 14.3 Å². The Labute approximate surface area is 96.7 Å². The van der Waals surface area contributed by atoms with E-state index in [-0.39, 0.29) is 11.2 Å². The molecule has 4 heteroatoms. The summed E-state index contributed by atoms with van der Waals surface area (Å²) in [6.45, 7) is 5.69. The van der Waals surface area contributed by atoms with Gasteiger partial charge in [0.1, 0.15) is 0 Å². The zero-order valence-electron chi connectivity index (χ0n) is 10.3. The van der Waals surface area contributed by atoms with Gasteiger partial charge in [-0.3, -0.25) is 4.79 Å². The molecule has 1 rings (SSSR count). The monoisotopic (exact) mass is 227 g/mol. The van der Waals surface area contributed by atoms with Gasteiger partial charge in [0.05, 0.1) is 12.6 Å². The maximum atomic E-state index is 11.4. The zero-order chi connectivity index (χ0) is 12.2. The second-order valence-corrected chi connectivity index (χ2v) is 5.07. The van der Waals surface area contributed by atoms with Crippen molar-refractivity contribution in [3.63, 3.8) is 0 Å². The number of alkyl carbamates (subject to hydrolysis) is 1. The second-order valence-electron chi connectivity index (χ2n) is 5.07. The summed E-state index contributed by atoms with van der Waals surface area (Å²) in [5.41, 5.74) is 0.136. The van der Waals surface area contributed by atoms with Crippen molar-refractivity contribution in [2.45, 2.75) is 52.5 Å². The van der Waals surface area contributed by atoms with Crippen molar-refractivity contribution >= 4 is 11.9 Å². The Morgan fingerprint density at radius 3 is 2.44 bits per heavy atom. The van der Waals surface area contributed by atoms with Crippen LogP contribution in [0, 0.1) is 5.41 Å². The first-order valence-corrected chi connectivity index (χ1v) is 5.87. The van der Waals surface area contributed by atoms with Gasteiger partial charge in [-0.05, 0) is 26.7 Å². The first-order valence-electron chi connectivity index (χ1n) is 5.87. The highest BCUT2D eigenvalue weighted by atomic mass is 16.5. The normalized spacial score (nSPS) is 20.2. The third-order valence-electron chi connectivity index (χ3n) is 3.31. The fourth-order valence-electron chi connectivity index (χ4n) is 1.93. The summed E-state index contributed by atoms with van der Waals surface area (Å²) in [7, 11) is 0. The molecule has 0 aromatic rings. The molecule has 0 spiro atoms. The number of rotatable bonds is 4. The van der Waals surface area contributed by atoms with Crippen LogP contribution in [0.15, 0.2) is 0 Å². The van der Waals surface area contributed by atoms with Crippen LogP contribution in [0.5, 0.6) is 0 Å². The number of ether oxygens (including phenoxy) is 1. The molecule has 1 fully saturated rings. The molecule has 92 valence electrons. The molecule has 1 saturated carbocycles. The van der Waals surface area contributed by atoms with E-state index in [1.807, 2.05) is 0 Å². The van der Waals surface area contributed by atoms with Crippen molar-refractivity contribution in [2.24, 2.45) is 5.41 Å². The van der Waals surface area contributed by atoms with Crippen LogP contribution >= 0.6 is 0 Å². The molecular formula is C12H21NO3. The molecule has 0 aromatic carbocycles. The molecule has 0 radical (unpaired) electrons. The Kier molecular flexibility index (Phi) is 4.33. The number of carbonyl (C=O) groups excluding carboxylic acids is 2. The van der Waals surface area contributed by atoms with Crippen molar-refractivity contribution in [2.75, 3.05) is 6.61 Å². The van der Waals surface area contributed by atoms with Gasteiger partial charge < -0.3 is 10.1 Å². The van der Waals surface area contributed by atoms with Crippen LogP contribution in [0.25, 0.3) is 0 Å². The first-order chi connectivity index (χ1) is 7.43. The number of amides is 1. The molecule has 1 aliphatic rings. The number of Topliss-reactive ketones (excluding diaryl/α,β-unsaturated/α-hetero) is 1. The molecule has 16 heavy (non-hydrogen) atoms. The van der Waals surface area contributed by atoms with Gasteiger partial charge >= 0.3 is 6.09 Å². The van der Waals surface area contributed by atoms with Gasteiger partial charge in [0.15, 0.2) is 5.78 Å². The molecule has 1 aliphatic carbocycles. The predicted octanol–water partition coefficient (Wildman–Crippen LogP) is 2.27. The predicted molar refractivity (Wildman–Crippen MR) is 61.2 cm³/mol. The minimum Gasteiger partial charge on any atom is -0.449 e. The molecule has 0 aliphatic heterocycles. The number of hydrogen-bond acceptors (Lipinski definition) is 3. The molecule has 0 heterocycles. The van der Waals surface area contributed by atoms with Crippen LogP contribution in [0.1, 0.15) is 46.5 Å². The highest BCUT2D eigenvalue weighted by molar-refractivity contribution is 5.84. The Morgan fingerprint density at radius 1 is 1.38 bits per heavy atom. The van der Waals surface area contributed by atoms with E-state index < -0.39 is 12.1 Å². The van der Waals surface area contributed by atoms with Gasteiger partial charge in [-0.1, -0.05) is 19.8 Å². The third-order valence-corrected chi connectivity index (χ3v) is 3.31. The molecule has 4 nitrogen and oxygen atoms in total. The van der Waals surface area contributed by atoms with Gasteiger partial charge in [-0.2, -0.15) is 0 Å². The van der Waals surface area contributed by atoms with Crippen molar-refractivity contribution in [3.05, 3.63) is 0 Å². The van der Waals surface area contributed by atoms with E-state index in [9.17, 15) is 9.59 Å². The lowest BCUT2D eigenvalue weighted by atomic mass is 9.90. The van der Waals surface area contributed by atoms with E-state index in [0.29, 0.717) is 6.61 Å². The van der Waals surface area contributed by atoms with Crippen LogP contribution in [0.2, 0.25) is 0 Å². The van der Waals surface area contributed by atoms with Crippen LogP contribution < -0.4 is 5.32 Å². The topological polar surface area (TPSA) is 55.4 Å². The Morgan fingerprint density at radius 2 is 1.94 bits per heavy atom. The molecule has 1 unspecified atom stereocenters. The summed E-state index contributed by atoms with van der Waals surface area (Å²) in [4.78, 5) is 22.3. The number of carbonyl (C=O) groups is 2. The van der Waals surface area contributed by atoms with E-state index in [1.54, 1.807) is 6.92 Å². The zero-order valence-corrected chi connectivity index (χ0v) is 10.3. The van der Waals surface area contributed by atoms with Gasteiger partial charge in [-0.25, -0.2) is 4.79 Å². The van der Waals surface area contributed by atoms with Crippen molar-refractivity contribution in [1.29, 1.82) is 0 Å². The summed E-state index contributed by atoms with van der Waals surface area (Å²) < 4.78 is 5.15. The lowest BCUT2D eigenvalue weighted by molar-refractivity contribution is -0.118. The number of hydrogen-bond donors (Lipinski definition) is 1. The summed E-state index contributed by atoms with van der Waals surface area (Å²) in [6.07, 6.45) is 4.16. The SMILES string of the molecule is CC(=O)C(C)NC(=O)OCC1(C)CCCC1. The maximum Gasteiger partial charge on any atom is 0.407 e. The quantitative estimate of drug-likeness (QED) is 0.801. The van der Waals surface area contributed by atoms with E-state index in [4.69, 9.17) is 4.74 Å². The Balaban J connectivity index is 2.27. The summed E-state index contributed by atoms with van der Waals surface area (Å²) in [5, 5.41) is 2.51. The molecule has 0 aromatic heterocycles. The Hall–Kier alpha value is -1.06. The molecule has 1 atom stereocenters. The lowest BCUT2D eigenvalue weighted by Crippen LogP contribution is -2.39. The van der Waals surface area contributed by atoms with E-state index >= 15 is 0 Å². The fourth-order valence-corrected chi connectivity index (χ4v) is 1.93. The van der Waals surface area contributed by atoms with Crippen molar-refractivity contribution in [3.8, 4) is 0 Å². The molecule has 0 saturated heterocycles. The van der Waals surface area contributed by atoms with E-state index in [0.717, 1.165) is 12.8 Å². The van der Waals surface area contributed by atoms with Crippen LogP contribution in [0.4, 0.5) is 4.79 Å². The minimum atomic E-state index is -0.490. The maximum absolute atomic E-state index is 11.4. The highest BCUT2D eigenvalue weighted by Crippen LogP contribution is 2.37. The molecular weight excluding hydrogens is 206 g/mol. The number of ketones is 1. The summed E-state index contributed by atoms with van der Waals surface area (Å²) in [6, 6.07) is -0.469. The third kappa shape index (κ3) is 3.83. The van der Waals surface area contributed by atoms with Crippen LogP contribution in [0.3, 0.4) is 0 Å². The minimum absolute atomic E-state index is 0.0657. The van der Waals surface area contributed by atoms with Gasteiger partial charge in [0.2, 0.25) is 0 Å². The molecule has 0 bridgehead atoms. The number of nitrogens with one attached hydrogen (secondary N) is 1. The molecule has 1 N–H and O–H groups in total. The van der Waals surface area contributed by atoms with Crippen molar-refractivity contribution in [1.82, 2.24) is 5.32 Å². The second kappa shape index (κ2) is 5.32. The Bertz CT molecular complexity index is 269. The fraction of sp³-hybridized carbons (Fsp3) is 0.833. The highest BCUT2D eigenvalue weighted by Gasteiger charge is 2.30. The van der Waals surface area contributed by atoms with Gasteiger partial charge in [-0.15, -0.1) is 0 Å². The molecule has 1 amide bonds. The van der Waals surface area contributed by atoms with Gasteiger partial charge in [0, 0.05) is 5.41 Å². The van der Waals surface area contributed by atoms with E-state index in [2.05, 4.69) is 12.2 Å².